The first-order valence-electron chi connectivity index (χ1n) is 12.0. The molecule has 0 spiro atoms. The molecule has 0 bridgehead atoms. The average molecular weight is 494 g/mol. The van der Waals surface area contributed by atoms with Crippen molar-refractivity contribution in [3.63, 3.8) is 0 Å². The van der Waals surface area contributed by atoms with Gasteiger partial charge in [-0.3, -0.25) is 9.59 Å². The number of rotatable bonds is 10. The molecule has 2 aromatic carbocycles. The number of aryl methyl sites for hydroxylation is 1. The first kappa shape index (κ1) is 26.5. The van der Waals surface area contributed by atoms with Crippen molar-refractivity contribution in [3.05, 3.63) is 71.0 Å². The molecular weight excluding hydrogens is 458 g/mol. The van der Waals surface area contributed by atoms with Gasteiger partial charge in [-0.25, -0.2) is 0 Å². The lowest BCUT2D eigenvalue weighted by Crippen LogP contribution is -2.33. The lowest BCUT2D eigenvalue weighted by Gasteiger charge is -2.22. The molecule has 0 saturated carbocycles. The number of hydrogen-bond acceptors (Lipinski definition) is 5. The number of nitrogens with one attached hydrogen (secondary N) is 2. The summed E-state index contributed by atoms with van der Waals surface area (Å²) in [5.74, 6) is 1.21. The molecule has 1 aromatic heterocycles. The highest BCUT2D eigenvalue weighted by molar-refractivity contribution is 7.99. The van der Waals surface area contributed by atoms with Crippen molar-refractivity contribution in [2.75, 3.05) is 11.1 Å². The zero-order chi connectivity index (χ0) is 25.5. The molecule has 0 radical (unpaired) electrons. The molecule has 0 fully saturated rings. The van der Waals surface area contributed by atoms with Crippen LogP contribution in [0.2, 0.25) is 0 Å². The van der Waals surface area contributed by atoms with Gasteiger partial charge in [-0.1, -0.05) is 69.3 Å². The Morgan fingerprint density at radius 2 is 1.74 bits per heavy atom. The van der Waals surface area contributed by atoms with Crippen molar-refractivity contribution < 1.29 is 9.59 Å². The molecule has 8 heteroatoms. The van der Waals surface area contributed by atoms with Crippen molar-refractivity contribution in [1.29, 1.82) is 0 Å². The number of thioether (sulfide) groups is 1. The van der Waals surface area contributed by atoms with Crippen molar-refractivity contribution in [2.45, 2.75) is 65.2 Å². The Balaban J connectivity index is 1.68. The smallest absolute Gasteiger partial charge is 0.251 e. The Labute approximate surface area is 212 Å². The predicted octanol–water partition coefficient (Wildman–Crippen LogP) is 5.59. The third kappa shape index (κ3) is 6.94. The molecule has 2 N–H and O–H groups in total. The number of carbonyl (C=O) groups excluding carboxylic acids is 2. The number of amides is 2. The number of aromatic nitrogens is 3. The summed E-state index contributed by atoms with van der Waals surface area (Å²) in [5, 5.41) is 15.5. The molecule has 35 heavy (non-hydrogen) atoms. The van der Waals surface area contributed by atoms with Gasteiger partial charge in [0.05, 0.1) is 11.8 Å². The second-order valence-corrected chi connectivity index (χ2v) is 10.2. The molecule has 0 saturated heterocycles. The minimum atomic E-state index is -0.307. The molecule has 0 unspecified atom stereocenters. The maximum atomic E-state index is 12.9. The average Bonchev–Trinajstić information content (AvgIpc) is 3.23. The molecule has 3 rings (SSSR count). The fraction of sp³-hybridized carbons (Fsp3) is 0.407. The van der Waals surface area contributed by atoms with Gasteiger partial charge < -0.3 is 15.2 Å². The highest BCUT2D eigenvalue weighted by Crippen LogP contribution is 2.26. The number of anilines is 1. The third-order valence-corrected chi connectivity index (χ3v) is 6.73. The maximum absolute atomic E-state index is 12.9. The zero-order valence-corrected chi connectivity index (χ0v) is 22.1. The van der Waals surface area contributed by atoms with Gasteiger partial charge in [0.2, 0.25) is 5.91 Å². The summed E-state index contributed by atoms with van der Waals surface area (Å²) >= 11 is 1.34. The number of benzene rings is 2. The van der Waals surface area contributed by atoms with Crippen LogP contribution in [0.15, 0.2) is 53.7 Å². The van der Waals surface area contributed by atoms with Crippen molar-refractivity contribution >= 4 is 29.3 Å². The van der Waals surface area contributed by atoms with Gasteiger partial charge in [-0.15, -0.1) is 10.2 Å². The van der Waals surface area contributed by atoms with Crippen molar-refractivity contribution in [1.82, 2.24) is 20.1 Å². The summed E-state index contributed by atoms with van der Waals surface area (Å²) in [6.45, 7) is 13.0. The van der Waals surface area contributed by atoms with Crippen LogP contribution < -0.4 is 10.6 Å². The SMILES string of the molecule is CCn1c(SCC(=O)Nc2ccc(C(C)C)cc2)nnc1[C@@H](NC(=O)c1cccc(C)c1)C(C)C. The van der Waals surface area contributed by atoms with E-state index in [0.717, 1.165) is 11.3 Å². The number of nitrogens with zero attached hydrogens (tertiary/aromatic N) is 3. The van der Waals surface area contributed by atoms with Crippen LogP contribution in [0.25, 0.3) is 0 Å². The van der Waals surface area contributed by atoms with Gasteiger partial charge in [-0.05, 0) is 55.5 Å². The molecule has 0 aliphatic heterocycles. The summed E-state index contributed by atoms with van der Waals surface area (Å²) < 4.78 is 1.97. The van der Waals surface area contributed by atoms with Crippen LogP contribution >= 0.6 is 11.8 Å². The number of hydrogen-bond donors (Lipinski definition) is 2. The topological polar surface area (TPSA) is 88.9 Å². The molecular formula is C27H35N5O2S. The lowest BCUT2D eigenvalue weighted by atomic mass is 10.0. The zero-order valence-electron chi connectivity index (χ0n) is 21.3. The Morgan fingerprint density at radius 3 is 2.34 bits per heavy atom. The van der Waals surface area contributed by atoms with Crippen molar-refractivity contribution in [3.8, 4) is 0 Å². The Hall–Kier alpha value is -3.13. The molecule has 1 atom stereocenters. The molecule has 0 aliphatic carbocycles. The van der Waals surface area contributed by atoms with Gasteiger partial charge in [0.1, 0.15) is 0 Å². The van der Waals surface area contributed by atoms with E-state index < -0.39 is 0 Å². The van der Waals surface area contributed by atoms with E-state index in [4.69, 9.17) is 0 Å². The predicted molar refractivity (Wildman–Crippen MR) is 142 cm³/mol. The normalized spacial score (nSPS) is 12.1. The summed E-state index contributed by atoms with van der Waals surface area (Å²) in [7, 11) is 0. The molecule has 0 aliphatic rings. The Bertz CT molecular complexity index is 1150. The van der Waals surface area contributed by atoms with Crippen LogP contribution in [0, 0.1) is 12.8 Å². The largest absolute Gasteiger partial charge is 0.342 e. The first-order valence-corrected chi connectivity index (χ1v) is 13.0. The van der Waals surface area contributed by atoms with Crippen LogP contribution in [0.3, 0.4) is 0 Å². The summed E-state index contributed by atoms with van der Waals surface area (Å²) in [6.07, 6.45) is 0. The molecule has 1 heterocycles. The van der Waals surface area contributed by atoms with Gasteiger partial charge in [0, 0.05) is 17.8 Å². The van der Waals surface area contributed by atoms with E-state index in [0.29, 0.717) is 29.0 Å². The van der Waals surface area contributed by atoms with Crippen LogP contribution in [0.5, 0.6) is 0 Å². The highest BCUT2D eigenvalue weighted by atomic mass is 32.2. The highest BCUT2D eigenvalue weighted by Gasteiger charge is 2.26. The van der Waals surface area contributed by atoms with E-state index in [-0.39, 0.29) is 29.5 Å². The first-order chi connectivity index (χ1) is 16.7. The second kappa shape index (κ2) is 12.0. The van der Waals surface area contributed by atoms with Crippen LogP contribution in [-0.4, -0.2) is 32.3 Å². The molecule has 7 nitrogen and oxygen atoms in total. The minimum absolute atomic E-state index is 0.104. The summed E-state index contributed by atoms with van der Waals surface area (Å²) in [4.78, 5) is 25.4. The fourth-order valence-electron chi connectivity index (χ4n) is 3.75. The van der Waals surface area contributed by atoms with Crippen molar-refractivity contribution in [2.24, 2.45) is 5.92 Å². The van der Waals surface area contributed by atoms with E-state index in [2.05, 4.69) is 34.7 Å². The number of carbonyl (C=O) groups is 2. The molecule has 186 valence electrons. The standard InChI is InChI=1S/C27H35N5O2S/c1-7-32-25(24(18(4)5)29-26(34)21-10-8-9-19(6)15-21)30-31-27(32)35-16-23(33)28-22-13-11-20(12-14-22)17(2)3/h8-15,17-18,24H,7,16H2,1-6H3,(H,28,33)(H,29,34)/t24-/m0/s1. The van der Waals surface area contributed by atoms with Gasteiger partial charge in [-0.2, -0.15) is 0 Å². The van der Waals surface area contributed by atoms with Crippen LogP contribution in [0.1, 0.15) is 73.9 Å². The third-order valence-electron chi connectivity index (χ3n) is 5.77. The van der Waals surface area contributed by atoms with Crippen LogP contribution in [0.4, 0.5) is 5.69 Å². The minimum Gasteiger partial charge on any atom is -0.342 e. The lowest BCUT2D eigenvalue weighted by molar-refractivity contribution is -0.113. The van der Waals surface area contributed by atoms with E-state index in [1.807, 2.05) is 74.7 Å². The van der Waals surface area contributed by atoms with E-state index in [1.54, 1.807) is 6.07 Å². The fourth-order valence-corrected chi connectivity index (χ4v) is 4.56. The van der Waals surface area contributed by atoms with Gasteiger partial charge in [0.15, 0.2) is 11.0 Å². The van der Waals surface area contributed by atoms with E-state index in [1.165, 1.54) is 17.3 Å². The van der Waals surface area contributed by atoms with E-state index in [9.17, 15) is 9.59 Å². The quantitative estimate of drug-likeness (QED) is 0.360. The molecule has 2 amide bonds. The van der Waals surface area contributed by atoms with Gasteiger partial charge in [0.25, 0.3) is 5.91 Å². The maximum Gasteiger partial charge on any atom is 0.251 e. The van der Waals surface area contributed by atoms with E-state index >= 15 is 0 Å². The Kier molecular flexibility index (Phi) is 9.09. The summed E-state index contributed by atoms with van der Waals surface area (Å²) in [6, 6.07) is 15.1. The van der Waals surface area contributed by atoms with Crippen LogP contribution in [-0.2, 0) is 11.3 Å². The second-order valence-electron chi connectivity index (χ2n) is 9.26. The summed E-state index contributed by atoms with van der Waals surface area (Å²) in [5.41, 5.74) is 3.65. The molecule has 3 aromatic rings. The van der Waals surface area contributed by atoms with Gasteiger partial charge >= 0.3 is 0 Å². The Morgan fingerprint density at radius 1 is 1.03 bits per heavy atom. The monoisotopic (exact) mass is 493 g/mol.